The topological polar surface area (TPSA) is 27.3 Å². The predicted octanol–water partition coefficient (Wildman–Crippen LogP) is 9.65. The van der Waals surface area contributed by atoms with E-state index in [0.717, 1.165) is 24.5 Å². The highest BCUT2D eigenvalue weighted by atomic mass is 32.2. The lowest BCUT2D eigenvalue weighted by molar-refractivity contribution is 0.213. The number of nitrogens with zero attached hydrogens (tertiary/aromatic N) is 1. The van der Waals surface area contributed by atoms with Gasteiger partial charge in [-0.1, -0.05) is 89.0 Å². The molecule has 0 unspecified atom stereocenters. The molecule has 0 bridgehead atoms. The van der Waals surface area contributed by atoms with E-state index in [4.69, 9.17) is 0 Å². The summed E-state index contributed by atoms with van der Waals surface area (Å²) in [4.78, 5) is 0. The Bertz CT molecular complexity index is 902. The van der Waals surface area contributed by atoms with Crippen molar-refractivity contribution in [3.05, 3.63) is 52.4 Å². The normalized spacial score (nSPS) is 20.1. The SMILES string of the molecule is CCCC/C=C(/N/C(=C(\C)CC)C1CCCCCC1)C1(C)CCN(SCCc2ccc(NC)cc2C)CC1. The van der Waals surface area contributed by atoms with Crippen molar-refractivity contribution in [2.45, 2.75) is 118 Å². The first-order chi connectivity index (χ1) is 18.4. The molecule has 1 aromatic rings. The number of hydrogen-bond acceptors (Lipinski definition) is 4. The molecule has 2 aliphatic rings. The van der Waals surface area contributed by atoms with Gasteiger partial charge in [0.2, 0.25) is 0 Å². The zero-order chi connectivity index (χ0) is 27.4. The molecule has 214 valence electrons. The minimum atomic E-state index is 0.244. The van der Waals surface area contributed by atoms with Crippen LogP contribution in [0.4, 0.5) is 5.69 Å². The number of benzene rings is 1. The van der Waals surface area contributed by atoms with Crippen molar-refractivity contribution >= 4 is 17.6 Å². The van der Waals surface area contributed by atoms with Crippen molar-refractivity contribution in [3.63, 3.8) is 0 Å². The van der Waals surface area contributed by atoms with E-state index < -0.39 is 0 Å². The molecule has 2 fully saturated rings. The predicted molar refractivity (Wildman–Crippen MR) is 171 cm³/mol. The van der Waals surface area contributed by atoms with Crippen LogP contribution >= 0.6 is 11.9 Å². The Morgan fingerprint density at radius 3 is 2.42 bits per heavy atom. The summed E-state index contributed by atoms with van der Waals surface area (Å²) in [6.45, 7) is 14.2. The molecule has 1 aliphatic carbocycles. The standard InChI is InChI=1S/C34H57N3S/c1-7-9-12-17-32(36-33(27(3)8-2)30-15-13-10-11-14-16-30)34(5)21-23-37(24-22-34)38-25-20-29-18-19-31(35-6)26-28(29)4/h17-19,26,30,35-36H,7-16,20-25H2,1-6H3/b32-17+,33-27+. The second kappa shape index (κ2) is 16.0. The van der Waals surface area contributed by atoms with Gasteiger partial charge in [-0.3, -0.25) is 4.31 Å². The molecule has 1 aliphatic heterocycles. The van der Waals surface area contributed by atoms with Crippen LogP contribution in [0.25, 0.3) is 0 Å². The monoisotopic (exact) mass is 539 g/mol. The molecule has 1 heterocycles. The number of anilines is 1. The number of hydrogen-bond donors (Lipinski definition) is 2. The molecule has 0 aromatic heterocycles. The third-order valence-corrected chi connectivity index (χ3v) is 10.3. The number of unbranched alkanes of at least 4 members (excludes halogenated alkanes) is 2. The minimum Gasteiger partial charge on any atom is -0.388 e. The van der Waals surface area contributed by atoms with Gasteiger partial charge in [0.25, 0.3) is 0 Å². The van der Waals surface area contributed by atoms with E-state index in [-0.39, 0.29) is 5.41 Å². The Labute approximate surface area is 239 Å². The van der Waals surface area contributed by atoms with Gasteiger partial charge in [-0.25, -0.2) is 0 Å². The summed E-state index contributed by atoms with van der Waals surface area (Å²) in [5, 5.41) is 7.43. The maximum atomic E-state index is 4.18. The van der Waals surface area contributed by atoms with E-state index in [0.29, 0.717) is 0 Å². The Kier molecular flexibility index (Phi) is 13.1. The number of nitrogens with one attached hydrogen (secondary N) is 2. The van der Waals surface area contributed by atoms with Crippen LogP contribution < -0.4 is 10.6 Å². The molecule has 1 aromatic carbocycles. The van der Waals surface area contributed by atoms with Crippen LogP contribution in [0.1, 0.15) is 116 Å². The highest BCUT2D eigenvalue weighted by Crippen LogP contribution is 2.41. The fourth-order valence-corrected chi connectivity index (χ4v) is 7.16. The van der Waals surface area contributed by atoms with Crippen molar-refractivity contribution in [1.29, 1.82) is 0 Å². The number of piperidine rings is 1. The molecule has 0 spiro atoms. The summed E-state index contributed by atoms with van der Waals surface area (Å²) in [6, 6.07) is 6.77. The van der Waals surface area contributed by atoms with Crippen LogP contribution in [-0.2, 0) is 6.42 Å². The molecule has 4 heteroatoms. The Morgan fingerprint density at radius 1 is 1.11 bits per heavy atom. The van der Waals surface area contributed by atoms with Gasteiger partial charge in [0, 0.05) is 48.4 Å². The Morgan fingerprint density at radius 2 is 1.82 bits per heavy atom. The number of aryl methyl sites for hydroxylation is 2. The summed E-state index contributed by atoms with van der Waals surface area (Å²) in [6.07, 6.45) is 19.5. The largest absolute Gasteiger partial charge is 0.388 e. The Balaban J connectivity index is 1.63. The van der Waals surface area contributed by atoms with Gasteiger partial charge in [0.1, 0.15) is 0 Å². The van der Waals surface area contributed by atoms with E-state index in [1.54, 1.807) is 11.3 Å². The molecule has 0 amide bonds. The molecule has 1 saturated heterocycles. The molecule has 0 radical (unpaired) electrons. The smallest absolute Gasteiger partial charge is 0.0340 e. The van der Waals surface area contributed by atoms with E-state index in [1.807, 2.05) is 7.05 Å². The zero-order valence-electron chi connectivity index (χ0n) is 25.6. The highest BCUT2D eigenvalue weighted by Gasteiger charge is 2.35. The molecule has 3 rings (SSSR count). The van der Waals surface area contributed by atoms with E-state index >= 15 is 0 Å². The van der Waals surface area contributed by atoms with Gasteiger partial charge < -0.3 is 10.6 Å². The van der Waals surface area contributed by atoms with Gasteiger partial charge >= 0.3 is 0 Å². The Hall–Kier alpha value is -1.39. The van der Waals surface area contributed by atoms with Crippen molar-refractivity contribution < 1.29 is 0 Å². The van der Waals surface area contributed by atoms with Gasteiger partial charge in [-0.05, 0) is 88.0 Å². The van der Waals surface area contributed by atoms with Gasteiger partial charge in [0.15, 0.2) is 0 Å². The first-order valence-corrected chi connectivity index (χ1v) is 16.7. The first-order valence-electron chi connectivity index (χ1n) is 15.7. The third-order valence-electron chi connectivity index (χ3n) is 9.18. The van der Waals surface area contributed by atoms with Crippen molar-refractivity contribution in [2.24, 2.45) is 11.3 Å². The first kappa shape index (κ1) is 31.1. The van der Waals surface area contributed by atoms with Crippen molar-refractivity contribution in [1.82, 2.24) is 9.62 Å². The molecular weight excluding hydrogens is 482 g/mol. The average molecular weight is 540 g/mol. The van der Waals surface area contributed by atoms with Crippen LogP contribution in [0, 0.1) is 18.3 Å². The third kappa shape index (κ3) is 9.08. The second-order valence-corrected chi connectivity index (χ2v) is 13.3. The maximum Gasteiger partial charge on any atom is 0.0340 e. The van der Waals surface area contributed by atoms with Crippen LogP contribution in [0.5, 0.6) is 0 Å². The summed E-state index contributed by atoms with van der Waals surface area (Å²) in [5.74, 6) is 1.88. The highest BCUT2D eigenvalue weighted by molar-refractivity contribution is 7.97. The minimum absolute atomic E-state index is 0.244. The van der Waals surface area contributed by atoms with Crippen LogP contribution in [0.15, 0.2) is 41.2 Å². The molecule has 3 nitrogen and oxygen atoms in total. The van der Waals surface area contributed by atoms with Crippen LogP contribution in [0.3, 0.4) is 0 Å². The molecular formula is C34H57N3S. The summed E-state index contributed by atoms with van der Waals surface area (Å²) < 4.78 is 2.64. The quantitative estimate of drug-likeness (QED) is 0.148. The van der Waals surface area contributed by atoms with Gasteiger partial charge in [0.05, 0.1) is 0 Å². The van der Waals surface area contributed by atoms with Gasteiger partial charge in [-0.2, -0.15) is 0 Å². The summed E-state index contributed by atoms with van der Waals surface area (Å²) in [5.41, 5.74) is 9.01. The average Bonchev–Trinajstić information content (AvgIpc) is 3.21. The number of allylic oxidation sites excluding steroid dienone is 4. The fraction of sp³-hybridized carbons (Fsp3) is 0.706. The van der Waals surface area contributed by atoms with Crippen LogP contribution in [-0.4, -0.2) is 30.2 Å². The van der Waals surface area contributed by atoms with Gasteiger partial charge in [-0.15, -0.1) is 0 Å². The molecule has 38 heavy (non-hydrogen) atoms. The number of rotatable bonds is 13. The molecule has 1 saturated carbocycles. The molecule has 0 atom stereocenters. The van der Waals surface area contributed by atoms with E-state index in [2.05, 4.69) is 85.8 Å². The maximum absolute atomic E-state index is 4.18. The molecule has 2 N–H and O–H groups in total. The van der Waals surface area contributed by atoms with E-state index in [9.17, 15) is 0 Å². The second-order valence-electron chi connectivity index (χ2n) is 12.1. The summed E-state index contributed by atoms with van der Waals surface area (Å²) in [7, 11) is 1.99. The zero-order valence-corrected chi connectivity index (χ0v) is 26.4. The van der Waals surface area contributed by atoms with Crippen molar-refractivity contribution in [3.8, 4) is 0 Å². The van der Waals surface area contributed by atoms with Crippen LogP contribution in [0.2, 0.25) is 0 Å². The lowest BCUT2D eigenvalue weighted by Crippen LogP contribution is -2.40. The lowest BCUT2D eigenvalue weighted by Gasteiger charge is -2.42. The fourth-order valence-electron chi connectivity index (χ4n) is 6.15. The summed E-state index contributed by atoms with van der Waals surface area (Å²) >= 11 is 2.06. The lowest BCUT2D eigenvalue weighted by atomic mass is 9.76. The van der Waals surface area contributed by atoms with Crippen molar-refractivity contribution in [2.75, 3.05) is 31.2 Å². The van der Waals surface area contributed by atoms with E-state index in [1.165, 1.54) is 106 Å².